The van der Waals surface area contributed by atoms with Crippen LogP contribution >= 0.6 is 11.6 Å². The molecule has 1 amide bonds. The quantitative estimate of drug-likeness (QED) is 0.876. The van der Waals surface area contributed by atoms with Gasteiger partial charge in [0.1, 0.15) is 5.82 Å². The van der Waals surface area contributed by atoms with E-state index in [2.05, 4.69) is 0 Å². The minimum Gasteiger partial charge on any atom is -0.398 e. The average molecular weight is 293 g/mol. The van der Waals surface area contributed by atoms with Crippen molar-refractivity contribution in [1.29, 1.82) is 0 Å². The highest BCUT2D eigenvalue weighted by Crippen LogP contribution is 2.24. The number of nitrogens with two attached hydrogens (primary N) is 1. The molecule has 104 valence electrons. The Morgan fingerprint density at radius 1 is 1.30 bits per heavy atom. The molecule has 0 radical (unpaired) electrons. The van der Waals surface area contributed by atoms with Gasteiger partial charge in [-0.1, -0.05) is 23.7 Å². The van der Waals surface area contributed by atoms with Gasteiger partial charge >= 0.3 is 0 Å². The number of halogens is 2. The van der Waals surface area contributed by atoms with E-state index in [0.29, 0.717) is 22.8 Å². The van der Waals surface area contributed by atoms with Gasteiger partial charge in [0.25, 0.3) is 5.91 Å². The molecule has 0 bridgehead atoms. The predicted octanol–water partition coefficient (Wildman–Crippen LogP) is 3.73. The second kappa shape index (κ2) is 5.92. The normalized spacial score (nSPS) is 10.3. The molecule has 0 aromatic heterocycles. The average Bonchev–Trinajstić information content (AvgIpc) is 2.44. The van der Waals surface area contributed by atoms with Gasteiger partial charge in [0, 0.05) is 12.1 Å². The zero-order chi connectivity index (χ0) is 14.7. The largest absolute Gasteiger partial charge is 0.398 e. The van der Waals surface area contributed by atoms with E-state index in [0.717, 1.165) is 0 Å². The molecule has 0 aliphatic carbocycles. The third-order valence-corrected chi connectivity index (χ3v) is 3.29. The van der Waals surface area contributed by atoms with E-state index in [9.17, 15) is 9.18 Å². The molecule has 2 aromatic rings. The SMILES string of the molecule is CCN(C(=O)c1ccc(Cl)c(N)c1)c1ccccc1F. The van der Waals surface area contributed by atoms with Crippen LogP contribution in [0.4, 0.5) is 15.8 Å². The van der Waals surface area contributed by atoms with Crippen molar-refractivity contribution in [2.24, 2.45) is 0 Å². The molecule has 2 rings (SSSR count). The zero-order valence-corrected chi connectivity index (χ0v) is 11.7. The lowest BCUT2D eigenvalue weighted by Crippen LogP contribution is -2.31. The van der Waals surface area contributed by atoms with Crippen LogP contribution < -0.4 is 10.6 Å². The maximum absolute atomic E-state index is 13.8. The number of para-hydroxylation sites is 1. The summed E-state index contributed by atoms with van der Waals surface area (Å²) in [5.74, 6) is -0.759. The molecule has 0 saturated carbocycles. The van der Waals surface area contributed by atoms with Gasteiger partial charge in [-0.3, -0.25) is 4.79 Å². The molecule has 5 heteroatoms. The van der Waals surface area contributed by atoms with Crippen LogP contribution in [0.1, 0.15) is 17.3 Å². The van der Waals surface area contributed by atoms with Gasteiger partial charge in [0.2, 0.25) is 0 Å². The number of hydrogen-bond acceptors (Lipinski definition) is 2. The monoisotopic (exact) mass is 292 g/mol. The summed E-state index contributed by atoms with van der Waals surface area (Å²) in [5.41, 5.74) is 6.63. The van der Waals surface area contributed by atoms with Gasteiger partial charge in [-0.05, 0) is 37.3 Å². The highest BCUT2D eigenvalue weighted by Gasteiger charge is 2.19. The molecule has 0 aliphatic heterocycles. The lowest BCUT2D eigenvalue weighted by atomic mass is 10.1. The van der Waals surface area contributed by atoms with Gasteiger partial charge in [-0.2, -0.15) is 0 Å². The van der Waals surface area contributed by atoms with Gasteiger partial charge < -0.3 is 10.6 Å². The van der Waals surface area contributed by atoms with Crippen LogP contribution in [0, 0.1) is 5.82 Å². The Labute approximate surface area is 121 Å². The van der Waals surface area contributed by atoms with Crippen molar-refractivity contribution in [3.8, 4) is 0 Å². The molecule has 0 spiro atoms. The summed E-state index contributed by atoms with van der Waals surface area (Å²) in [5, 5.41) is 0.385. The smallest absolute Gasteiger partial charge is 0.258 e. The maximum Gasteiger partial charge on any atom is 0.258 e. The number of nitrogens with zero attached hydrogens (tertiary/aromatic N) is 1. The lowest BCUT2D eigenvalue weighted by Gasteiger charge is -2.21. The van der Waals surface area contributed by atoms with Crippen LogP contribution in [0.3, 0.4) is 0 Å². The summed E-state index contributed by atoms with van der Waals surface area (Å²) < 4.78 is 13.8. The Morgan fingerprint density at radius 2 is 2.00 bits per heavy atom. The van der Waals surface area contributed by atoms with Crippen LogP contribution in [0.15, 0.2) is 42.5 Å². The topological polar surface area (TPSA) is 46.3 Å². The first-order valence-corrected chi connectivity index (χ1v) is 6.53. The van der Waals surface area contributed by atoms with E-state index in [4.69, 9.17) is 17.3 Å². The number of amides is 1. The Bertz CT molecular complexity index is 646. The molecule has 0 fully saturated rings. The Balaban J connectivity index is 2.39. The van der Waals surface area contributed by atoms with Gasteiger partial charge in [-0.25, -0.2) is 4.39 Å². The van der Waals surface area contributed by atoms with E-state index in [-0.39, 0.29) is 11.6 Å². The lowest BCUT2D eigenvalue weighted by molar-refractivity contribution is 0.0987. The van der Waals surface area contributed by atoms with Gasteiger partial charge in [-0.15, -0.1) is 0 Å². The Morgan fingerprint density at radius 3 is 2.60 bits per heavy atom. The fraction of sp³-hybridized carbons (Fsp3) is 0.133. The molecule has 2 N–H and O–H groups in total. The van der Waals surface area contributed by atoms with E-state index >= 15 is 0 Å². The number of carbonyl (C=O) groups excluding carboxylic acids is 1. The van der Waals surface area contributed by atoms with Gasteiger partial charge in [0.15, 0.2) is 0 Å². The van der Waals surface area contributed by atoms with Crippen LogP contribution in [0.5, 0.6) is 0 Å². The molecule has 0 unspecified atom stereocenters. The van der Waals surface area contributed by atoms with Crippen LogP contribution in [-0.4, -0.2) is 12.5 Å². The summed E-state index contributed by atoms with van der Waals surface area (Å²) in [6, 6.07) is 10.8. The fourth-order valence-electron chi connectivity index (χ4n) is 1.93. The zero-order valence-electron chi connectivity index (χ0n) is 10.9. The Hall–Kier alpha value is -2.07. The van der Waals surface area contributed by atoms with Crippen LogP contribution in [0.2, 0.25) is 5.02 Å². The van der Waals surface area contributed by atoms with E-state index < -0.39 is 5.82 Å². The standard InChI is InChI=1S/C15H14ClFN2O/c1-2-19(14-6-4-3-5-12(14)17)15(20)10-7-8-11(16)13(18)9-10/h3-9H,2,18H2,1H3. The van der Waals surface area contributed by atoms with Crippen molar-refractivity contribution in [3.05, 3.63) is 58.9 Å². The summed E-state index contributed by atoms with van der Waals surface area (Å²) in [4.78, 5) is 13.8. The Kier molecular flexibility index (Phi) is 4.25. The molecular formula is C15H14ClFN2O. The molecule has 0 saturated heterocycles. The van der Waals surface area contributed by atoms with Gasteiger partial charge in [0.05, 0.1) is 16.4 Å². The molecule has 3 nitrogen and oxygen atoms in total. The van der Waals surface area contributed by atoms with Crippen LogP contribution in [0.25, 0.3) is 0 Å². The highest BCUT2D eigenvalue weighted by molar-refractivity contribution is 6.33. The van der Waals surface area contributed by atoms with Crippen molar-refractivity contribution < 1.29 is 9.18 Å². The molecule has 0 heterocycles. The number of carbonyl (C=O) groups is 1. The number of hydrogen-bond donors (Lipinski definition) is 1. The summed E-state index contributed by atoms with van der Waals surface area (Å²) in [6.45, 7) is 2.13. The highest BCUT2D eigenvalue weighted by atomic mass is 35.5. The first-order valence-electron chi connectivity index (χ1n) is 6.16. The summed E-state index contributed by atoms with van der Waals surface area (Å²) in [6.07, 6.45) is 0. The molecular weight excluding hydrogens is 279 g/mol. The summed E-state index contributed by atoms with van der Waals surface area (Å²) in [7, 11) is 0. The number of anilines is 2. The van der Waals surface area contributed by atoms with Crippen LogP contribution in [-0.2, 0) is 0 Å². The summed E-state index contributed by atoms with van der Waals surface area (Å²) >= 11 is 5.83. The van der Waals surface area contributed by atoms with E-state index in [1.54, 1.807) is 37.3 Å². The number of nitrogen functional groups attached to an aromatic ring is 1. The second-order valence-corrected chi connectivity index (χ2v) is 4.64. The minimum absolute atomic E-state index is 0.244. The van der Waals surface area contributed by atoms with Crippen molar-refractivity contribution in [1.82, 2.24) is 0 Å². The predicted molar refractivity (Wildman–Crippen MR) is 79.6 cm³/mol. The van der Waals surface area contributed by atoms with Crippen molar-refractivity contribution in [3.63, 3.8) is 0 Å². The maximum atomic E-state index is 13.8. The van der Waals surface area contributed by atoms with E-state index in [1.807, 2.05) is 0 Å². The third-order valence-electron chi connectivity index (χ3n) is 2.95. The second-order valence-electron chi connectivity index (χ2n) is 4.24. The fourth-order valence-corrected chi connectivity index (χ4v) is 2.04. The molecule has 0 aliphatic rings. The minimum atomic E-state index is -0.440. The first kappa shape index (κ1) is 14.3. The molecule has 20 heavy (non-hydrogen) atoms. The van der Waals surface area contributed by atoms with Crippen molar-refractivity contribution in [2.75, 3.05) is 17.2 Å². The van der Waals surface area contributed by atoms with Crippen molar-refractivity contribution in [2.45, 2.75) is 6.92 Å². The van der Waals surface area contributed by atoms with Crippen molar-refractivity contribution >= 4 is 28.9 Å². The van der Waals surface area contributed by atoms with E-state index in [1.165, 1.54) is 17.0 Å². The third kappa shape index (κ3) is 2.75. The molecule has 2 aromatic carbocycles. The molecule has 0 atom stereocenters. The first-order chi connectivity index (χ1) is 9.54. The number of rotatable bonds is 3. The number of benzene rings is 2.